The maximum atomic E-state index is 13.1. The average molecular weight is 484 g/mol. The van der Waals surface area contributed by atoms with E-state index in [1.807, 2.05) is 68.4 Å². The number of carbonyl (C=O) groups excluding carboxylic acids is 2. The smallest absolute Gasteiger partial charge is 0.223 e. The van der Waals surface area contributed by atoms with Gasteiger partial charge in [0.25, 0.3) is 0 Å². The summed E-state index contributed by atoms with van der Waals surface area (Å²) in [5.41, 5.74) is 7.83. The van der Waals surface area contributed by atoms with Crippen LogP contribution >= 0.6 is 0 Å². The summed E-state index contributed by atoms with van der Waals surface area (Å²) in [5.74, 6) is -1.15. The lowest BCUT2D eigenvalue weighted by molar-refractivity contribution is -0.137. The standard InChI is InChI=1S/C28H41N3O4/c1-4-14-31(15-5-2)27(33)18-25(28(29)34)24(17-21-10-7-6-8-11-21)26(32)20-30-19-22-12-9-13-23(16-22)35-3/h6-13,16,24-26,30,32H,4-5,14-15,17-20H2,1-3H3,(H2,29,34)/t24-,25?,26-/m0/s1. The number of nitrogens with one attached hydrogen (secondary N) is 1. The highest BCUT2D eigenvalue weighted by Gasteiger charge is 2.35. The van der Waals surface area contributed by atoms with E-state index in [1.54, 1.807) is 12.0 Å². The van der Waals surface area contributed by atoms with Gasteiger partial charge in [-0.2, -0.15) is 0 Å². The molecule has 0 aliphatic heterocycles. The number of nitrogens with zero attached hydrogens (tertiary/aromatic N) is 1. The van der Waals surface area contributed by atoms with Crippen molar-refractivity contribution < 1.29 is 19.4 Å². The first-order valence-corrected chi connectivity index (χ1v) is 12.5. The molecule has 0 saturated carbocycles. The van der Waals surface area contributed by atoms with Gasteiger partial charge in [-0.1, -0.05) is 56.3 Å². The first kappa shape index (κ1) is 28.3. The van der Waals surface area contributed by atoms with Gasteiger partial charge < -0.3 is 25.8 Å². The monoisotopic (exact) mass is 483 g/mol. The molecule has 0 saturated heterocycles. The van der Waals surface area contributed by atoms with Crippen molar-refractivity contribution in [2.75, 3.05) is 26.7 Å². The molecule has 7 heteroatoms. The fourth-order valence-electron chi connectivity index (χ4n) is 4.41. The molecule has 0 radical (unpaired) electrons. The van der Waals surface area contributed by atoms with Crippen molar-refractivity contribution in [1.29, 1.82) is 0 Å². The highest BCUT2D eigenvalue weighted by atomic mass is 16.5. The predicted molar refractivity (Wildman–Crippen MR) is 139 cm³/mol. The summed E-state index contributed by atoms with van der Waals surface area (Å²) in [7, 11) is 1.62. The molecule has 1 unspecified atom stereocenters. The SMILES string of the molecule is CCCN(CCC)C(=O)CC(C(N)=O)[C@H](Cc1ccccc1)[C@@H](O)CNCc1cccc(OC)c1. The fraction of sp³-hybridized carbons (Fsp3) is 0.500. The Kier molecular flexibility index (Phi) is 12.3. The molecule has 0 aromatic heterocycles. The summed E-state index contributed by atoms with van der Waals surface area (Å²) in [6, 6.07) is 17.4. The molecular weight excluding hydrogens is 442 g/mol. The fourth-order valence-corrected chi connectivity index (χ4v) is 4.41. The molecule has 0 aliphatic carbocycles. The maximum absolute atomic E-state index is 13.1. The number of nitrogens with two attached hydrogens (primary N) is 1. The van der Waals surface area contributed by atoms with Gasteiger partial charge >= 0.3 is 0 Å². The number of rotatable bonds is 16. The molecule has 0 aliphatic rings. The lowest BCUT2D eigenvalue weighted by Crippen LogP contribution is -2.45. The van der Waals surface area contributed by atoms with Crippen LogP contribution in [0.3, 0.4) is 0 Å². The van der Waals surface area contributed by atoms with Gasteiger partial charge in [0.2, 0.25) is 11.8 Å². The number of methoxy groups -OCH3 is 1. The number of benzene rings is 2. The van der Waals surface area contributed by atoms with Crippen molar-refractivity contribution in [3.05, 3.63) is 65.7 Å². The quantitative estimate of drug-likeness (QED) is 0.340. The van der Waals surface area contributed by atoms with E-state index in [1.165, 1.54) is 0 Å². The van der Waals surface area contributed by atoms with Crippen molar-refractivity contribution in [1.82, 2.24) is 10.2 Å². The summed E-state index contributed by atoms with van der Waals surface area (Å²) < 4.78 is 5.27. The summed E-state index contributed by atoms with van der Waals surface area (Å²) in [5, 5.41) is 14.5. The van der Waals surface area contributed by atoms with Crippen molar-refractivity contribution >= 4 is 11.8 Å². The van der Waals surface area contributed by atoms with Gasteiger partial charge in [-0.3, -0.25) is 9.59 Å². The zero-order valence-electron chi connectivity index (χ0n) is 21.3. The number of primary amides is 1. The lowest BCUT2D eigenvalue weighted by atomic mass is 9.80. The molecule has 2 rings (SSSR count). The zero-order valence-corrected chi connectivity index (χ0v) is 21.3. The third-order valence-electron chi connectivity index (χ3n) is 6.24. The second-order valence-electron chi connectivity index (χ2n) is 9.00. The summed E-state index contributed by atoms with van der Waals surface area (Å²) in [6.45, 7) is 6.14. The second-order valence-corrected chi connectivity index (χ2v) is 9.00. The van der Waals surface area contributed by atoms with Crippen LogP contribution in [0, 0.1) is 11.8 Å². The molecule has 0 bridgehead atoms. The van der Waals surface area contributed by atoms with E-state index < -0.39 is 23.8 Å². The largest absolute Gasteiger partial charge is 0.497 e. The molecule has 2 aromatic rings. The van der Waals surface area contributed by atoms with Crippen LogP contribution in [0.1, 0.15) is 44.2 Å². The maximum Gasteiger partial charge on any atom is 0.223 e. The molecule has 7 nitrogen and oxygen atoms in total. The van der Waals surface area contributed by atoms with E-state index in [9.17, 15) is 14.7 Å². The molecule has 0 heterocycles. The van der Waals surface area contributed by atoms with Gasteiger partial charge in [0, 0.05) is 38.5 Å². The number of amides is 2. The third-order valence-corrected chi connectivity index (χ3v) is 6.24. The van der Waals surface area contributed by atoms with Crippen LogP contribution in [-0.4, -0.2) is 54.7 Å². The van der Waals surface area contributed by atoms with Crippen LogP contribution in [0.15, 0.2) is 54.6 Å². The number of aliphatic hydroxyl groups excluding tert-OH is 1. The van der Waals surface area contributed by atoms with Gasteiger partial charge in [-0.25, -0.2) is 0 Å². The summed E-state index contributed by atoms with van der Waals surface area (Å²) >= 11 is 0. The minimum Gasteiger partial charge on any atom is -0.497 e. The number of carbonyl (C=O) groups is 2. The number of hydrogen-bond acceptors (Lipinski definition) is 5. The van der Waals surface area contributed by atoms with Crippen LogP contribution in [0.25, 0.3) is 0 Å². The number of ether oxygens (including phenoxy) is 1. The lowest BCUT2D eigenvalue weighted by Gasteiger charge is -2.31. The molecule has 192 valence electrons. The van der Waals surface area contributed by atoms with E-state index in [-0.39, 0.29) is 18.9 Å². The van der Waals surface area contributed by atoms with Gasteiger partial charge in [-0.15, -0.1) is 0 Å². The van der Waals surface area contributed by atoms with Crippen LogP contribution < -0.4 is 15.8 Å². The Bertz CT molecular complexity index is 900. The van der Waals surface area contributed by atoms with Gasteiger partial charge in [-0.05, 0) is 42.5 Å². The Morgan fingerprint density at radius 1 is 1.03 bits per heavy atom. The van der Waals surface area contributed by atoms with Crippen LogP contribution in [0.2, 0.25) is 0 Å². The van der Waals surface area contributed by atoms with Crippen molar-refractivity contribution in [2.45, 2.75) is 52.2 Å². The van der Waals surface area contributed by atoms with Crippen LogP contribution in [0.5, 0.6) is 5.75 Å². The van der Waals surface area contributed by atoms with Crippen molar-refractivity contribution in [3.63, 3.8) is 0 Å². The Morgan fingerprint density at radius 3 is 2.29 bits per heavy atom. The van der Waals surface area contributed by atoms with Crippen LogP contribution in [-0.2, 0) is 22.6 Å². The summed E-state index contributed by atoms with van der Waals surface area (Å²) in [4.78, 5) is 27.5. The zero-order chi connectivity index (χ0) is 25.6. The van der Waals surface area contributed by atoms with Gasteiger partial charge in [0.15, 0.2) is 0 Å². The Labute approximate surface area is 209 Å². The minimum absolute atomic E-state index is 0.000221. The molecule has 4 N–H and O–H groups in total. The number of aliphatic hydroxyl groups is 1. The van der Waals surface area contributed by atoms with E-state index in [0.717, 1.165) is 29.7 Å². The molecule has 35 heavy (non-hydrogen) atoms. The molecule has 3 atom stereocenters. The first-order valence-electron chi connectivity index (χ1n) is 12.5. The van der Waals surface area contributed by atoms with Crippen molar-refractivity contribution in [2.24, 2.45) is 17.6 Å². The highest BCUT2D eigenvalue weighted by Crippen LogP contribution is 2.26. The Morgan fingerprint density at radius 2 is 1.69 bits per heavy atom. The first-order chi connectivity index (χ1) is 16.9. The Balaban J connectivity index is 2.17. The van der Waals surface area contributed by atoms with Gasteiger partial charge in [0.1, 0.15) is 5.75 Å². The van der Waals surface area contributed by atoms with Crippen LogP contribution in [0.4, 0.5) is 0 Å². The molecule has 2 amide bonds. The predicted octanol–water partition coefficient (Wildman–Crippen LogP) is 3.14. The molecule has 0 fully saturated rings. The Hall–Kier alpha value is -2.90. The molecule has 2 aromatic carbocycles. The van der Waals surface area contributed by atoms with E-state index in [0.29, 0.717) is 26.1 Å². The molecule has 0 spiro atoms. The topological polar surface area (TPSA) is 105 Å². The third kappa shape index (κ3) is 9.34. The van der Waals surface area contributed by atoms with E-state index in [2.05, 4.69) is 5.32 Å². The van der Waals surface area contributed by atoms with E-state index >= 15 is 0 Å². The van der Waals surface area contributed by atoms with Gasteiger partial charge in [0.05, 0.1) is 19.1 Å². The normalized spacial score (nSPS) is 13.6. The van der Waals surface area contributed by atoms with Crippen molar-refractivity contribution in [3.8, 4) is 5.75 Å². The minimum atomic E-state index is -0.864. The summed E-state index contributed by atoms with van der Waals surface area (Å²) in [6.07, 6.45) is 1.27. The van der Waals surface area contributed by atoms with E-state index in [4.69, 9.17) is 10.5 Å². The second kappa shape index (κ2) is 15.2. The molecular formula is C28H41N3O4. The number of hydrogen-bond donors (Lipinski definition) is 3. The average Bonchev–Trinajstić information content (AvgIpc) is 2.86. The highest BCUT2D eigenvalue weighted by molar-refractivity contribution is 5.85.